The average Bonchev–Trinajstić information content (AvgIpc) is 3.17. The van der Waals surface area contributed by atoms with Crippen LogP contribution in [0.1, 0.15) is 22.0 Å². The lowest BCUT2D eigenvalue weighted by Crippen LogP contribution is -2.35. The normalized spacial score (nSPS) is 11.4. The second kappa shape index (κ2) is 7.43. The van der Waals surface area contributed by atoms with Gasteiger partial charge in [-0.15, -0.1) is 11.3 Å². The predicted molar refractivity (Wildman–Crippen MR) is 101 cm³/mol. The fourth-order valence-corrected chi connectivity index (χ4v) is 3.77. The quantitative estimate of drug-likeness (QED) is 0.714. The van der Waals surface area contributed by atoms with Gasteiger partial charge in [0.05, 0.1) is 24.7 Å². The number of nitrogens with one attached hydrogen (secondary N) is 1. The van der Waals surface area contributed by atoms with Gasteiger partial charge in [-0.05, 0) is 45.6 Å². The molecular weight excluding hydrogens is 352 g/mol. The Balaban J connectivity index is 1.93. The largest absolute Gasteiger partial charge is 0.467 e. The third kappa shape index (κ3) is 3.71. The average molecular weight is 374 g/mol. The van der Waals surface area contributed by atoms with Crippen molar-refractivity contribution in [3.05, 3.63) is 50.8 Å². The summed E-state index contributed by atoms with van der Waals surface area (Å²) < 4.78 is 6.68. The SMILES string of the molecule is Cc1sc2nc(CN(C)C)n(CC(=O)NCc3ccco3)c(=O)c2c1C. The lowest BCUT2D eigenvalue weighted by molar-refractivity contribution is -0.122. The molecule has 3 aromatic rings. The molecule has 0 aliphatic carbocycles. The van der Waals surface area contributed by atoms with Crippen molar-refractivity contribution in [1.82, 2.24) is 19.8 Å². The van der Waals surface area contributed by atoms with E-state index >= 15 is 0 Å². The number of nitrogens with zero attached hydrogens (tertiary/aromatic N) is 3. The molecule has 0 aromatic carbocycles. The van der Waals surface area contributed by atoms with Crippen LogP contribution in [0.4, 0.5) is 0 Å². The summed E-state index contributed by atoms with van der Waals surface area (Å²) in [7, 11) is 3.81. The highest BCUT2D eigenvalue weighted by molar-refractivity contribution is 7.18. The van der Waals surface area contributed by atoms with Crippen molar-refractivity contribution in [2.45, 2.75) is 33.5 Å². The third-order valence-corrected chi connectivity index (χ3v) is 5.27. The number of aryl methyl sites for hydroxylation is 2. The van der Waals surface area contributed by atoms with Crippen LogP contribution in [0.3, 0.4) is 0 Å². The van der Waals surface area contributed by atoms with E-state index in [1.807, 2.05) is 32.8 Å². The minimum absolute atomic E-state index is 0.0695. The van der Waals surface area contributed by atoms with Gasteiger partial charge in [0.1, 0.15) is 23.0 Å². The molecule has 138 valence electrons. The van der Waals surface area contributed by atoms with Crippen LogP contribution in [0, 0.1) is 13.8 Å². The van der Waals surface area contributed by atoms with Crippen LogP contribution in [0.15, 0.2) is 27.6 Å². The molecule has 0 radical (unpaired) electrons. The van der Waals surface area contributed by atoms with Crippen LogP contribution in [-0.2, 0) is 24.4 Å². The zero-order valence-electron chi connectivity index (χ0n) is 15.3. The Hall–Kier alpha value is -2.45. The van der Waals surface area contributed by atoms with E-state index in [1.165, 1.54) is 15.9 Å². The van der Waals surface area contributed by atoms with Gasteiger partial charge in [-0.2, -0.15) is 0 Å². The van der Waals surface area contributed by atoms with E-state index in [0.29, 0.717) is 23.5 Å². The maximum absolute atomic E-state index is 13.0. The summed E-state index contributed by atoms with van der Waals surface area (Å²) >= 11 is 1.51. The highest BCUT2D eigenvalue weighted by Gasteiger charge is 2.18. The molecular formula is C18H22N4O3S. The molecule has 3 rings (SSSR count). The maximum Gasteiger partial charge on any atom is 0.263 e. The van der Waals surface area contributed by atoms with Gasteiger partial charge in [-0.3, -0.25) is 14.2 Å². The first kappa shape index (κ1) is 18.3. The van der Waals surface area contributed by atoms with Crippen molar-refractivity contribution < 1.29 is 9.21 Å². The predicted octanol–water partition coefficient (Wildman–Crippen LogP) is 2.05. The van der Waals surface area contributed by atoms with Crippen molar-refractivity contribution in [2.24, 2.45) is 0 Å². The van der Waals surface area contributed by atoms with E-state index < -0.39 is 0 Å². The molecule has 0 atom stereocenters. The minimum atomic E-state index is -0.255. The van der Waals surface area contributed by atoms with Gasteiger partial charge in [-0.25, -0.2) is 4.98 Å². The fraction of sp³-hybridized carbons (Fsp3) is 0.389. The van der Waals surface area contributed by atoms with Gasteiger partial charge in [0.2, 0.25) is 5.91 Å². The number of furan rings is 1. The van der Waals surface area contributed by atoms with Crippen LogP contribution in [0.25, 0.3) is 10.2 Å². The number of aromatic nitrogens is 2. The zero-order chi connectivity index (χ0) is 18.8. The lowest BCUT2D eigenvalue weighted by Gasteiger charge is -2.15. The van der Waals surface area contributed by atoms with Crippen LogP contribution >= 0.6 is 11.3 Å². The van der Waals surface area contributed by atoms with Crippen LogP contribution < -0.4 is 10.9 Å². The number of carbonyl (C=O) groups excluding carboxylic acids is 1. The number of rotatable bonds is 6. The van der Waals surface area contributed by atoms with Gasteiger partial charge in [0.25, 0.3) is 5.56 Å². The van der Waals surface area contributed by atoms with Gasteiger partial charge in [-0.1, -0.05) is 0 Å². The Bertz CT molecular complexity index is 986. The first-order valence-corrected chi connectivity index (χ1v) is 9.11. The highest BCUT2D eigenvalue weighted by atomic mass is 32.1. The summed E-state index contributed by atoms with van der Waals surface area (Å²) in [5.74, 6) is 0.994. The molecule has 0 saturated heterocycles. The van der Waals surface area contributed by atoms with E-state index in [-0.39, 0.29) is 24.6 Å². The molecule has 1 amide bonds. The third-order valence-electron chi connectivity index (χ3n) is 4.17. The number of hydrogen-bond donors (Lipinski definition) is 1. The smallest absolute Gasteiger partial charge is 0.263 e. The summed E-state index contributed by atoms with van der Waals surface area (Å²) in [4.78, 5) is 33.8. The Labute approximate surface area is 155 Å². The molecule has 0 aliphatic heterocycles. The summed E-state index contributed by atoms with van der Waals surface area (Å²) in [5, 5.41) is 3.38. The van der Waals surface area contributed by atoms with Crippen molar-refractivity contribution in [3.63, 3.8) is 0 Å². The summed E-state index contributed by atoms with van der Waals surface area (Å²) in [6, 6.07) is 3.55. The first-order chi connectivity index (χ1) is 12.4. The van der Waals surface area contributed by atoms with E-state index in [4.69, 9.17) is 4.42 Å². The van der Waals surface area contributed by atoms with Gasteiger partial charge < -0.3 is 14.6 Å². The molecule has 0 spiro atoms. The first-order valence-electron chi connectivity index (χ1n) is 8.30. The molecule has 8 heteroatoms. The fourth-order valence-electron chi connectivity index (χ4n) is 2.73. The molecule has 0 aliphatic rings. The number of carbonyl (C=O) groups is 1. The molecule has 26 heavy (non-hydrogen) atoms. The van der Waals surface area contributed by atoms with E-state index in [1.54, 1.807) is 18.4 Å². The van der Waals surface area contributed by atoms with E-state index in [0.717, 1.165) is 15.3 Å². The molecule has 0 bridgehead atoms. The second-order valence-corrected chi connectivity index (χ2v) is 7.68. The standard InChI is InChI=1S/C18H22N4O3S/c1-11-12(2)26-17-16(11)18(24)22(14(20-17)9-21(3)4)10-15(23)19-8-13-6-5-7-25-13/h5-7H,8-10H2,1-4H3,(H,19,23). The van der Waals surface area contributed by atoms with Crippen LogP contribution in [0.2, 0.25) is 0 Å². The lowest BCUT2D eigenvalue weighted by atomic mass is 10.2. The van der Waals surface area contributed by atoms with Crippen molar-refractivity contribution >= 4 is 27.5 Å². The van der Waals surface area contributed by atoms with Crippen molar-refractivity contribution in [2.75, 3.05) is 14.1 Å². The maximum atomic E-state index is 13.0. The van der Waals surface area contributed by atoms with Crippen molar-refractivity contribution in [3.8, 4) is 0 Å². The number of hydrogen-bond acceptors (Lipinski definition) is 6. The molecule has 0 unspecified atom stereocenters. The number of fused-ring (bicyclic) bond motifs is 1. The van der Waals surface area contributed by atoms with Gasteiger partial charge in [0, 0.05) is 4.88 Å². The van der Waals surface area contributed by atoms with Crippen LogP contribution in [0.5, 0.6) is 0 Å². The monoisotopic (exact) mass is 374 g/mol. The summed E-state index contributed by atoms with van der Waals surface area (Å²) in [6.07, 6.45) is 1.56. The summed E-state index contributed by atoms with van der Waals surface area (Å²) in [5.41, 5.74) is 0.769. The molecule has 3 aromatic heterocycles. The Morgan fingerprint density at radius 2 is 2.15 bits per heavy atom. The van der Waals surface area contributed by atoms with E-state index in [9.17, 15) is 9.59 Å². The summed E-state index contributed by atoms with van der Waals surface area (Å²) in [6.45, 7) is 4.60. The van der Waals surface area contributed by atoms with Crippen LogP contribution in [-0.4, -0.2) is 34.5 Å². The number of amides is 1. The molecule has 3 heterocycles. The Morgan fingerprint density at radius 1 is 1.38 bits per heavy atom. The highest BCUT2D eigenvalue weighted by Crippen LogP contribution is 2.26. The molecule has 0 saturated carbocycles. The Kier molecular flexibility index (Phi) is 5.24. The minimum Gasteiger partial charge on any atom is -0.467 e. The molecule has 1 N–H and O–H groups in total. The van der Waals surface area contributed by atoms with Crippen molar-refractivity contribution in [1.29, 1.82) is 0 Å². The Morgan fingerprint density at radius 3 is 2.81 bits per heavy atom. The molecule has 7 nitrogen and oxygen atoms in total. The topological polar surface area (TPSA) is 80.4 Å². The zero-order valence-corrected chi connectivity index (χ0v) is 16.1. The molecule has 0 fully saturated rings. The number of thiophene rings is 1. The second-order valence-electron chi connectivity index (χ2n) is 6.48. The van der Waals surface area contributed by atoms with Gasteiger partial charge >= 0.3 is 0 Å². The van der Waals surface area contributed by atoms with Gasteiger partial charge in [0.15, 0.2) is 0 Å². The van der Waals surface area contributed by atoms with E-state index in [2.05, 4.69) is 10.3 Å².